The molecule has 1 aromatic heterocycles. The lowest BCUT2D eigenvalue weighted by Gasteiger charge is -2.29. The summed E-state index contributed by atoms with van der Waals surface area (Å²) >= 11 is 1.70. The molecule has 176 valence electrons. The third-order valence-electron chi connectivity index (χ3n) is 6.87. The molecule has 1 unspecified atom stereocenters. The normalized spacial score (nSPS) is 19.0. The predicted octanol–water partition coefficient (Wildman–Crippen LogP) is 6.98. The van der Waals surface area contributed by atoms with Crippen molar-refractivity contribution >= 4 is 28.6 Å². The highest BCUT2D eigenvalue weighted by Crippen LogP contribution is 2.40. The predicted molar refractivity (Wildman–Crippen MR) is 140 cm³/mol. The second-order valence-electron chi connectivity index (χ2n) is 9.15. The van der Waals surface area contributed by atoms with Crippen LogP contribution >= 0.6 is 11.3 Å². The second kappa shape index (κ2) is 10.4. The fourth-order valence-electron chi connectivity index (χ4n) is 4.99. The smallest absolute Gasteiger partial charge is 0.319 e. The van der Waals surface area contributed by atoms with Crippen molar-refractivity contribution in [1.82, 2.24) is 15.6 Å². The van der Waals surface area contributed by atoms with Gasteiger partial charge in [0.1, 0.15) is 5.01 Å². The van der Waals surface area contributed by atoms with Crippen LogP contribution in [-0.2, 0) is 6.54 Å². The van der Waals surface area contributed by atoms with Gasteiger partial charge in [0.05, 0.1) is 11.7 Å². The van der Waals surface area contributed by atoms with Gasteiger partial charge in [-0.1, -0.05) is 68.7 Å². The number of nitrogens with zero attached hydrogens (tertiary/aromatic N) is 1. The van der Waals surface area contributed by atoms with Gasteiger partial charge in [0.25, 0.3) is 0 Å². The van der Waals surface area contributed by atoms with E-state index in [0.29, 0.717) is 5.92 Å². The van der Waals surface area contributed by atoms with E-state index in [4.69, 9.17) is 4.98 Å². The number of carbonyl (C=O) groups excluding carboxylic acids is 1. The molecule has 2 aliphatic rings. The number of amides is 2. The zero-order valence-corrected chi connectivity index (χ0v) is 20.5. The van der Waals surface area contributed by atoms with Crippen LogP contribution in [0.2, 0.25) is 0 Å². The van der Waals surface area contributed by atoms with Gasteiger partial charge in [0, 0.05) is 34.8 Å². The first-order valence-corrected chi connectivity index (χ1v) is 13.2. The third-order valence-corrected chi connectivity index (χ3v) is 7.76. The van der Waals surface area contributed by atoms with Crippen molar-refractivity contribution in [1.29, 1.82) is 0 Å². The number of hydrogen-bond donors (Lipinski definition) is 3. The summed E-state index contributed by atoms with van der Waals surface area (Å²) in [5.41, 5.74) is 6.65. The van der Waals surface area contributed by atoms with Crippen LogP contribution in [0.15, 0.2) is 65.7 Å². The van der Waals surface area contributed by atoms with Crippen molar-refractivity contribution in [3.63, 3.8) is 0 Å². The van der Waals surface area contributed by atoms with E-state index in [1.54, 1.807) is 11.3 Å². The first-order chi connectivity index (χ1) is 16.7. The standard InChI is InChI=1S/C28H32N4OS/c1-2-23-25(27-30-24(18-34-27)20-11-7-4-8-12-20)26(32-28(33)31-23)21-13-15-22(16-14-21)29-17-19-9-5-3-6-10-19/h3,5-6,9-10,13-16,18,20,26,29H,2,4,7-8,11-12,17H2,1H3,(H2,31,32,33). The van der Waals surface area contributed by atoms with Crippen molar-refractivity contribution in [3.8, 4) is 0 Å². The first-order valence-electron chi connectivity index (χ1n) is 12.4. The summed E-state index contributed by atoms with van der Waals surface area (Å²) in [5.74, 6) is 0.573. The number of thiazole rings is 1. The molecule has 3 aromatic rings. The Morgan fingerprint density at radius 3 is 2.53 bits per heavy atom. The number of hydrogen-bond acceptors (Lipinski definition) is 4. The van der Waals surface area contributed by atoms with Crippen LogP contribution in [0.25, 0.3) is 5.57 Å². The quantitative estimate of drug-likeness (QED) is 0.348. The molecule has 34 heavy (non-hydrogen) atoms. The number of benzene rings is 2. The lowest BCUT2D eigenvalue weighted by molar-refractivity contribution is 0.240. The number of nitrogens with one attached hydrogen (secondary N) is 3. The Bertz CT molecular complexity index is 1150. The summed E-state index contributed by atoms with van der Waals surface area (Å²) < 4.78 is 0. The van der Waals surface area contributed by atoms with E-state index in [0.717, 1.165) is 40.5 Å². The first kappa shape index (κ1) is 22.7. The van der Waals surface area contributed by atoms with Crippen molar-refractivity contribution in [2.45, 2.75) is 64.0 Å². The Labute approximate surface area is 205 Å². The minimum Gasteiger partial charge on any atom is -0.381 e. The highest BCUT2D eigenvalue weighted by Gasteiger charge is 2.31. The topological polar surface area (TPSA) is 66.0 Å². The molecule has 6 heteroatoms. The third kappa shape index (κ3) is 5.02. The van der Waals surface area contributed by atoms with Gasteiger partial charge in [-0.2, -0.15) is 0 Å². The highest BCUT2D eigenvalue weighted by molar-refractivity contribution is 7.10. The van der Waals surface area contributed by atoms with Crippen LogP contribution in [0.5, 0.6) is 0 Å². The molecule has 1 atom stereocenters. The Balaban J connectivity index is 1.39. The summed E-state index contributed by atoms with van der Waals surface area (Å²) in [6.45, 7) is 2.86. The van der Waals surface area contributed by atoms with E-state index in [1.165, 1.54) is 43.4 Å². The zero-order chi connectivity index (χ0) is 23.3. The molecule has 1 aliphatic carbocycles. The lowest BCUT2D eigenvalue weighted by Crippen LogP contribution is -2.43. The number of rotatable bonds is 7. The van der Waals surface area contributed by atoms with E-state index in [9.17, 15) is 4.79 Å². The molecule has 2 aromatic carbocycles. The molecule has 2 heterocycles. The Hall–Kier alpha value is -3.12. The molecule has 0 spiro atoms. The molecule has 1 fully saturated rings. The molecule has 1 saturated carbocycles. The fraction of sp³-hybridized carbons (Fsp3) is 0.357. The van der Waals surface area contributed by atoms with Crippen LogP contribution in [0.3, 0.4) is 0 Å². The van der Waals surface area contributed by atoms with Crippen LogP contribution in [0, 0.1) is 0 Å². The van der Waals surface area contributed by atoms with Gasteiger partial charge >= 0.3 is 6.03 Å². The van der Waals surface area contributed by atoms with Gasteiger partial charge < -0.3 is 16.0 Å². The van der Waals surface area contributed by atoms with E-state index >= 15 is 0 Å². The summed E-state index contributed by atoms with van der Waals surface area (Å²) in [6.07, 6.45) is 7.16. The average molecular weight is 473 g/mol. The van der Waals surface area contributed by atoms with Crippen molar-refractivity contribution in [3.05, 3.63) is 87.5 Å². The fourth-order valence-corrected chi connectivity index (χ4v) is 5.99. The molecular formula is C28H32N4OS. The monoisotopic (exact) mass is 472 g/mol. The van der Waals surface area contributed by atoms with Crippen LogP contribution in [0.1, 0.15) is 79.2 Å². The summed E-state index contributed by atoms with van der Waals surface area (Å²) in [6, 6.07) is 18.4. The summed E-state index contributed by atoms with van der Waals surface area (Å²) in [5, 5.41) is 12.9. The molecule has 5 nitrogen and oxygen atoms in total. The molecule has 0 radical (unpaired) electrons. The van der Waals surface area contributed by atoms with Crippen molar-refractivity contribution in [2.24, 2.45) is 0 Å². The van der Waals surface area contributed by atoms with Gasteiger partial charge in [-0.05, 0) is 42.5 Å². The molecule has 0 bridgehead atoms. The van der Waals surface area contributed by atoms with Gasteiger partial charge in [-0.15, -0.1) is 11.3 Å². The summed E-state index contributed by atoms with van der Waals surface area (Å²) in [7, 11) is 0. The van der Waals surface area contributed by atoms with Crippen LogP contribution < -0.4 is 16.0 Å². The molecule has 5 rings (SSSR count). The summed E-state index contributed by atoms with van der Waals surface area (Å²) in [4.78, 5) is 17.6. The van der Waals surface area contributed by atoms with Crippen molar-refractivity contribution in [2.75, 3.05) is 5.32 Å². The van der Waals surface area contributed by atoms with E-state index < -0.39 is 0 Å². The maximum atomic E-state index is 12.5. The number of carbonyl (C=O) groups is 1. The minimum absolute atomic E-state index is 0.152. The zero-order valence-electron chi connectivity index (χ0n) is 19.6. The largest absolute Gasteiger partial charge is 0.381 e. The van der Waals surface area contributed by atoms with E-state index in [2.05, 4.69) is 76.8 Å². The second-order valence-corrected chi connectivity index (χ2v) is 10.0. The number of anilines is 1. The van der Waals surface area contributed by atoms with Gasteiger partial charge in [-0.3, -0.25) is 0 Å². The average Bonchev–Trinajstić information content (AvgIpc) is 3.38. The molecule has 1 aliphatic heterocycles. The molecule has 2 amide bonds. The number of allylic oxidation sites excluding steroid dienone is 1. The van der Waals surface area contributed by atoms with Crippen molar-refractivity contribution < 1.29 is 4.79 Å². The van der Waals surface area contributed by atoms with Gasteiger partial charge in [0.15, 0.2) is 0 Å². The minimum atomic E-state index is -0.211. The Kier molecular flexibility index (Phi) is 6.95. The SMILES string of the molecule is CCC1=C(c2nc(C3CCCCC3)cs2)C(c2ccc(NCc3ccccc3)cc2)NC(=O)N1. The maximum Gasteiger partial charge on any atom is 0.319 e. The highest BCUT2D eigenvalue weighted by atomic mass is 32.1. The molecular weight excluding hydrogens is 440 g/mol. The number of aromatic nitrogens is 1. The Morgan fingerprint density at radius 1 is 1.03 bits per heavy atom. The van der Waals surface area contributed by atoms with E-state index in [1.807, 2.05) is 6.07 Å². The number of urea groups is 1. The Morgan fingerprint density at radius 2 is 1.79 bits per heavy atom. The molecule has 0 saturated heterocycles. The van der Waals surface area contributed by atoms with Gasteiger partial charge in [-0.25, -0.2) is 9.78 Å². The molecule has 3 N–H and O–H groups in total. The lowest BCUT2D eigenvalue weighted by atomic mass is 9.87. The van der Waals surface area contributed by atoms with E-state index in [-0.39, 0.29) is 12.1 Å². The van der Waals surface area contributed by atoms with Crippen LogP contribution in [-0.4, -0.2) is 11.0 Å². The maximum absolute atomic E-state index is 12.5. The van der Waals surface area contributed by atoms with Crippen LogP contribution in [0.4, 0.5) is 10.5 Å². The van der Waals surface area contributed by atoms with Gasteiger partial charge in [0.2, 0.25) is 0 Å².